The van der Waals surface area contributed by atoms with Gasteiger partial charge in [-0.3, -0.25) is 0 Å². The van der Waals surface area contributed by atoms with E-state index in [1.165, 1.54) is 4.91 Å². The molecule has 0 aliphatic carbocycles. The van der Waals surface area contributed by atoms with E-state index in [0.717, 1.165) is 16.6 Å². The second-order valence-corrected chi connectivity index (χ2v) is 8.77. The van der Waals surface area contributed by atoms with Crippen LogP contribution >= 0.6 is 70.4 Å². The molecule has 14 heavy (non-hydrogen) atoms. The van der Waals surface area contributed by atoms with Gasteiger partial charge < -0.3 is 0 Å². The highest BCUT2D eigenvalue weighted by Crippen LogP contribution is 2.41. The van der Waals surface area contributed by atoms with E-state index >= 15 is 0 Å². The lowest BCUT2D eigenvalue weighted by Crippen LogP contribution is -1.98. The Morgan fingerprint density at radius 1 is 1.29 bits per heavy atom. The molecular formula is C8H12S6. The maximum atomic E-state index is 4.25. The summed E-state index contributed by atoms with van der Waals surface area (Å²) in [6, 6.07) is 0. The van der Waals surface area contributed by atoms with E-state index in [1.54, 1.807) is 10.8 Å². The Hall–Kier alpha value is 1.58. The van der Waals surface area contributed by atoms with Gasteiger partial charge in [-0.15, -0.1) is 23.5 Å². The largest absolute Gasteiger partial charge is 0.168 e. The zero-order chi connectivity index (χ0) is 10.2. The molecule has 0 aromatic rings. The van der Waals surface area contributed by atoms with Crippen molar-refractivity contribution in [1.29, 1.82) is 0 Å². The van der Waals surface area contributed by atoms with E-state index in [0.29, 0.717) is 4.58 Å². The van der Waals surface area contributed by atoms with Gasteiger partial charge in [-0.1, -0.05) is 33.7 Å². The second-order valence-electron chi connectivity index (χ2n) is 2.37. The predicted octanol–water partition coefficient (Wildman–Crippen LogP) is 4.74. The third-order valence-corrected chi connectivity index (χ3v) is 6.69. The van der Waals surface area contributed by atoms with Crippen molar-refractivity contribution in [2.75, 3.05) is 10.2 Å². The Bertz CT molecular complexity index is 206. The molecule has 0 aromatic carbocycles. The molecule has 1 rings (SSSR count). The van der Waals surface area contributed by atoms with Crippen molar-refractivity contribution < 1.29 is 0 Å². The first kappa shape index (κ1) is 13.6. The van der Waals surface area contributed by atoms with E-state index < -0.39 is 0 Å². The lowest BCUT2D eigenvalue weighted by atomic mass is 10.4. The van der Waals surface area contributed by atoms with Gasteiger partial charge >= 0.3 is 0 Å². The topological polar surface area (TPSA) is 0 Å². The van der Waals surface area contributed by atoms with E-state index in [1.807, 2.05) is 34.3 Å². The van der Waals surface area contributed by atoms with Crippen LogP contribution in [0.3, 0.4) is 0 Å². The Labute approximate surface area is 113 Å². The van der Waals surface area contributed by atoms with Crippen LogP contribution in [0.5, 0.6) is 0 Å². The number of allylic oxidation sites excluding steroid dienone is 3. The molecule has 0 fully saturated rings. The lowest BCUT2D eigenvalue weighted by molar-refractivity contribution is 1.16. The molecule has 6 heteroatoms. The van der Waals surface area contributed by atoms with Crippen molar-refractivity contribution in [3.8, 4) is 0 Å². The van der Waals surface area contributed by atoms with Gasteiger partial charge in [0.05, 0.1) is 4.58 Å². The first-order valence-corrected chi connectivity index (χ1v) is 9.58. The average Bonchev–Trinajstić information content (AvgIpc) is 2.20. The van der Waals surface area contributed by atoms with Gasteiger partial charge in [-0.25, -0.2) is 0 Å². The number of hydrogen-bond donors (Lipinski definition) is 2. The minimum Gasteiger partial charge on any atom is -0.168 e. The highest BCUT2D eigenvalue weighted by molar-refractivity contribution is 8.79. The molecular weight excluding hydrogens is 288 g/mol. The molecule has 0 saturated carbocycles. The van der Waals surface area contributed by atoms with Crippen LogP contribution in [-0.2, 0) is 0 Å². The zero-order valence-electron chi connectivity index (χ0n) is 7.46. The van der Waals surface area contributed by atoms with Crippen LogP contribution in [0.1, 0.15) is 6.42 Å². The van der Waals surface area contributed by atoms with Gasteiger partial charge in [0, 0.05) is 16.6 Å². The van der Waals surface area contributed by atoms with E-state index in [-0.39, 0.29) is 0 Å². The van der Waals surface area contributed by atoms with Crippen LogP contribution in [0.25, 0.3) is 0 Å². The number of thioether (sulfide) groups is 2. The molecule has 0 atom stereocenters. The fourth-order valence-corrected chi connectivity index (χ4v) is 6.30. The van der Waals surface area contributed by atoms with Gasteiger partial charge in [0.15, 0.2) is 0 Å². The van der Waals surface area contributed by atoms with Crippen LogP contribution in [0.15, 0.2) is 22.5 Å². The number of rotatable bonds is 6. The molecule has 0 radical (unpaired) electrons. The van der Waals surface area contributed by atoms with Gasteiger partial charge in [0.1, 0.15) is 0 Å². The summed E-state index contributed by atoms with van der Waals surface area (Å²) in [5, 5.41) is 3.87. The highest BCUT2D eigenvalue weighted by atomic mass is 33.1. The zero-order valence-corrected chi connectivity index (χ0v) is 12.5. The summed E-state index contributed by atoms with van der Waals surface area (Å²) in [5.74, 6) is 0. The van der Waals surface area contributed by atoms with Gasteiger partial charge in [0.2, 0.25) is 0 Å². The van der Waals surface area contributed by atoms with Crippen molar-refractivity contribution in [2.24, 2.45) is 0 Å². The third kappa shape index (κ3) is 5.61. The SMILES string of the molecule is SCSC(CC1=CC=CSS1)SCS. The highest BCUT2D eigenvalue weighted by Gasteiger charge is 2.12. The van der Waals surface area contributed by atoms with Gasteiger partial charge in [0.25, 0.3) is 0 Å². The smallest absolute Gasteiger partial charge is 0.0564 e. The summed E-state index contributed by atoms with van der Waals surface area (Å²) in [5.41, 5.74) is 0. The summed E-state index contributed by atoms with van der Waals surface area (Å²) < 4.78 is 0.593. The minimum absolute atomic E-state index is 0.593. The summed E-state index contributed by atoms with van der Waals surface area (Å²) in [7, 11) is 3.65. The van der Waals surface area contributed by atoms with Gasteiger partial charge in [-0.2, -0.15) is 25.3 Å². The summed E-state index contributed by atoms with van der Waals surface area (Å²) in [4.78, 5) is 1.45. The number of thiol groups is 2. The second kappa shape index (κ2) is 8.70. The molecule has 0 spiro atoms. The number of hydrogen-bond acceptors (Lipinski definition) is 6. The standard InChI is InChI=1S/C8H12S6/c9-5-11-8(12-6-10)4-7-2-1-3-13-14-7/h1-3,8-10H,4-6H2. The third-order valence-electron chi connectivity index (χ3n) is 1.46. The van der Waals surface area contributed by atoms with Crippen LogP contribution in [0, 0.1) is 0 Å². The molecule has 0 unspecified atom stereocenters. The van der Waals surface area contributed by atoms with Gasteiger partial charge in [-0.05, 0) is 10.3 Å². The van der Waals surface area contributed by atoms with Crippen LogP contribution in [0.2, 0.25) is 0 Å². The minimum atomic E-state index is 0.593. The first-order chi connectivity index (χ1) is 6.86. The van der Waals surface area contributed by atoms with Crippen molar-refractivity contribution in [2.45, 2.75) is 11.0 Å². The molecule has 0 bridgehead atoms. The molecule has 0 nitrogen and oxygen atoms in total. The maximum absolute atomic E-state index is 4.25. The van der Waals surface area contributed by atoms with Crippen LogP contribution in [-0.4, -0.2) is 14.8 Å². The van der Waals surface area contributed by atoms with Crippen molar-refractivity contribution in [1.82, 2.24) is 0 Å². The summed E-state index contributed by atoms with van der Waals surface area (Å²) in [6.07, 6.45) is 5.44. The molecule has 1 aliphatic rings. The molecule has 0 N–H and O–H groups in total. The summed E-state index contributed by atoms with van der Waals surface area (Å²) >= 11 is 12.3. The molecule has 0 amide bonds. The van der Waals surface area contributed by atoms with Crippen LogP contribution in [0.4, 0.5) is 0 Å². The predicted molar refractivity (Wildman–Crippen MR) is 83.7 cm³/mol. The fourth-order valence-electron chi connectivity index (χ4n) is 0.895. The molecule has 0 saturated heterocycles. The molecule has 1 aliphatic heterocycles. The molecule has 0 aromatic heterocycles. The Balaban J connectivity index is 2.37. The van der Waals surface area contributed by atoms with Crippen molar-refractivity contribution in [3.63, 3.8) is 0 Å². The Kier molecular flexibility index (Phi) is 8.48. The van der Waals surface area contributed by atoms with Crippen LogP contribution < -0.4 is 0 Å². The molecule has 1 heterocycles. The van der Waals surface area contributed by atoms with E-state index in [9.17, 15) is 0 Å². The first-order valence-electron chi connectivity index (χ1n) is 4.00. The van der Waals surface area contributed by atoms with E-state index in [2.05, 4.69) is 42.8 Å². The Morgan fingerprint density at radius 3 is 2.50 bits per heavy atom. The average molecular weight is 301 g/mol. The lowest BCUT2D eigenvalue weighted by Gasteiger charge is -2.16. The Morgan fingerprint density at radius 2 is 2.00 bits per heavy atom. The summed E-state index contributed by atoms with van der Waals surface area (Å²) in [6.45, 7) is 0. The normalized spacial score (nSPS) is 16.1. The maximum Gasteiger partial charge on any atom is 0.0564 e. The quantitative estimate of drug-likeness (QED) is 0.413. The fraction of sp³-hybridized carbons (Fsp3) is 0.500. The van der Waals surface area contributed by atoms with Crippen molar-refractivity contribution >= 4 is 70.4 Å². The monoisotopic (exact) mass is 300 g/mol. The van der Waals surface area contributed by atoms with Crippen molar-refractivity contribution in [3.05, 3.63) is 22.5 Å². The molecule has 80 valence electrons. The van der Waals surface area contributed by atoms with E-state index in [4.69, 9.17) is 0 Å².